The molecule has 1 unspecified atom stereocenters. The number of piperazine rings is 1. The number of nitrogens with zero attached hydrogens (tertiary/aromatic N) is 3. The highest BCUT2D eigenvalue weighted by Crippen LogP contribution is 2.20. The molecule has 2 fully saturated rings. The molecule has 2 saturated heterocycles. The average Bonchev–Trinajstić information content (AvgIpc) is 2.85. The van der Waals surface area contributed by atoms with E-state index in [2.05, 4.69) is 15.2 Å². The van der Waals surface area contributed by atoms with Crippen LogP contribution >= 0.6 is 23.7 Å². The predicted octanol–water partition coefficient (Wildman–Crippen LogP) is -0.117. The average molecular weight is 304 g/mol. The molecule has 3 amide bonds. The zero-order valence-corrected chi connectivity index (χ0v) is 11.7. The van der Waals surface area contributed by atoms with Crippen molar-refractivity contribution in [2.24, 2.45) is 0 Å². The highest BCUT2D eigenvalue weighted by atomic mass is 35.5. The maximum absolute atomic E-state index is 11.6. The van der Waals surface area contributed by atoms with E-state index in [0.717, 1.165) is 18.0 Å². The van der Waals surface area contributed by atoms with E-state index in [1.165, 1.54) is 11.3 Å². The second-order valence-corrected chi connectivity index (χ2v) is 5.55. The minimum absolute atomic E-state index is 0. The van der Waals surface area contributed by atoms with E-state index in [1.54, 1.807) is 11.1 Å². The van der Waals surface area contributed by atoms with Crippen molar-refractivity contribution in [3.63, 3.8) is 0 Å². The maximum Gasteiger partial charge on any atom is 0.324 e. The molecule has 7 nitrogen and oxygen atoms in total. The third-order valence-electron chi connectivity index (χ3n) is 3.21. The van der Waals surface area contributed by atoms with Crippen LogP contribution in [0.3, 0.4) is 0 Å². The van der Waals surface area contributed by atoms with Crippen molar-refractivity contribution < 1.29 is 9.59 Å². The first kappa shape index (κ1) is 14.0. The summed E-state index contributed by atoms with van der Waals surface area (Å²) in [7, 11) is 0. The van der Waals surface area contributed by atoms with Crippen molar-refractivity contribution in [2.75, 3.05) is 25.4 Å². The SMILES string of the molecule is Cl.Nc1ncc(CN2CCN3C(=O)NC(=O)C3C2)s1. The lowest BCUT2D eigenvalue weighted by Gasteiger charge is -2.34. The number of nitrogens with one attached hydrogen (secondary N) is 1. The van der Waals surface area contributed by atoms with Gasteiger partial charge in [-0.1, -0.05) is 0 Å². The van der Waals surface area contributed by atoms with E-state index in [1.807, 2.05) is 0 Å². The van der Waals surface area contributed by atoms with Gasteiger partial charge in [0, 0.05) is 37.3 Å². The lowest BCUT2D eigenvalue weighted by atomic mass is 10.2. The largest absolute Gasteiger partial charge is 0.375 e. The number of rotatable bonds is 2. The van der Waals surface area contributed by atoms with Crippen LogP contribution in [0.25, 0.3) is 0 Å². The van der Waals surface area contributed by atoms with Gasteiger partial charge in [-0.15, -0.1) is 23.7 Å². The summed E-state index contributed by atoms with van der Waals surface area (Å²) >= 11 is 1.45. The van der Waals surface area contributed by atoms with Crippen LogP contribution in [0, 0.1) is 0 Å². The van der Waals surface area contributed by atoms with E-state index in [0.29, 0.717) is 18.2 Å². The van der Waals surface area contributed by atoms with Crippen LogP contribution in [-0.4, -0.2) is 52.4 Å². The normalized spacial score (nSPS) is 22.9. The van der Waals surface area contributed by atoms with E-state index in [-0.39, 0.29) is 30.4 Å². The van der Waals surface area contributed by atoms with Gasteiger partial charge in [0.15, 0.2) is 5.13 Å². The number of hydrogen-bond donors (Lipinski definition) is 2. The Kier molecular flexibility index (Phi) is 3.93. The number of carbonyl (C=O) groups is 2. The summed E-state index contributed by atoms with van der Waals surface area (Å²) in [5.41, 5.74) is 5.58. The molecular weight excluding hydrogens is 290 g/mol. The summed E-state index contributed by atoms with van der Waals surface area (Å²) < 4.78 is 0. The quantitative estimate of drug-likeness (QED) is 0.744. The van der Waals surface area contributed by atoms with Crippen LogP contribution in [0.5, 0.6) is 0 Å². The molecule has 1 atom stereocenters. The van der Waals surface area contributed by atoms with Gasteiger partial charge in [0.2, 0.25) is 0 Å². The van der Waals surface area contributed by atoms with Crippen molar-refractivity contribution in [3.05, 3.63) is 11.1 Å². The molecule has 0 bridgehead atoms. The Morgan fingerprint density at radius 2 is 2.26 bits per heavy atom. The van der Waals surface area contributed by atoms with Crippen molar-refractivity contribution >= 4 is 40.8 Å². The number of nitrogens with two attached hydrogens (primary N) is 1. The molecule has 3 heterocycles. The zero-order valence-electron chi connectivity index (χ0n) is 10.0. The lowest BCUT2D eigenvalue weighted by molar-refractivity contribution is -0.122. The van der Waals surface area contributed by atoms with Gasteiger partial charge in [-0.25, -0.2) is 9.78 Å². The number of hydrogen-bond acceptors (Lipinski definition) is 6. The van der Waals surface area contributed by atoms with E-state index in [9.17, 15) is 9.59 Å². The topological polar surface area (TPSA) is 91.6 Å². The van der Waals surface area contributed by atoms with Gasteiger partial charge in [-0.2, -0.15) is 0 Å². The predicted molar refractivity (Wildman–Crippen MR) is 73.1 cm³/mol. The van der Waals surface area contributed by atoms with E-state index >= 15 is 0 Å². The molecule has 1 aromatic heterocycles. The van der Waals surface area contributed by atoms with Gasteiger partial charge in [0.25, 0.3) is 5.91 Å². The minimum Gasteiger partial charge on any atom is -0.375 e. The lowest BCUT2D eigenvalue weighted by Crippen LogP contribution is -2.52. The molecule has 0 spiro atoms. The second kappa shape index (κ2) is 5.32. The summed E-state index contributed by atoms with van der Waals surface area (Å²) in [6.45, 7) is 2.63. The molecule has 0 radical (unpaired) electrons. The van der Waals surface area contributed by atoms with Gasteiger partial charge >= 0.3 is 6.03 Å². The molecule has 1 aromatic rings. The number of imide groups is 1. The fourth-order valence-electron chi connectivity index (χ4n) is 2.33. The number of carbonyl (C=O) groups excluding carboxylic acids is 2. The van der Waals surface area contributed by atoms with Crippen LogP contribution in [0.4, 0.5) is 9.93 Å². The Labute approximate surface area is 120 Å². The zero-order chi connectivity index (χ0) is 12.7. The molecule has 2 aliphatic rings. The summed E-state index contributed by atoms with van der Waals surface area (Å²) in [5, 5.41) is 2.89. The number of fused-ring (bicyclic) bond motifs is 1. The fourth-order valence-corrected chi connectivity index (χ4v) is 3.05. The fraction of sp³-hybridized carbons (Fsp3) is 0.500. The Hall–Kier alpha value is -1.38. The van der Waals surface area contributed by atoms with Gasteiger partial charge in [-0.3, -0.25) is 15.0 Å². The van der Waals surface area contributed by atoms with Gasteiger partial charge in [0.05, 0.1) is 0 Å². The molecule has 0 aromatic carbocycles. The van der Waals surface area contributed by atoms with Crippen LogP contribution in [-0.2, 0) is 11.3 Å². The molecular formula is C10H14ClN5O2S. The molecule has 2 aliphatic heterocycles. The highest BCUT2D eigenvalue weighted by molar-refractivity contribution is 7.15. The van der Waals surface area contributed by atoms with Crippen LogP contribution in [0.2, 0.25) is 0 Å². The van der Waals surface area contributed by atoms with E-state index in [4.69, 9.17) is 5.73 Å². The number of urea groups is 1. The third kappa shape index (κ3) is 2.65. The standard InChI is InChI=1S/C10H13N5O2S.ClH/c11-9-12-3-6(18-9)4-14-1-2-15-7(5-14)8(16)13-10(15)17;/h3,7H,1-2,4-5H2,(H2,11,12)(H,13,16,17);1H. The van der Waals surface area contributed by atoms with Crippen molar-refractivity contribution in [1.29, 1.82) is 0 Å². The molecule has 9 heteroatoms. The third-order valence-corrected chi connectivity index (χ3v) is 4.02. The molecule has 19 heavy (non-hydrogen) atoms. The van der Waals surface area contributed by atoms with Crippen molar-refractivity contribution in [3.8, 4) is 0 Å². The smallest absolute Gasteiger partial charge is 0.324 e. The summed E-state index contributed by atoms with van der Waals surface area (Å²) in [4.78, 5) is 31.8. The molecule has 0 saturated carbocycles. The van der Waals surface area contributed by atoms with E-state index < -0.39 is 0 Å². The van der Waals surface area contributed by atoms with Crippen LogP contribution < -0.4 is 11.1 Å². The molecule has 3 rings (SSSR count). The van der Waals surface area contributed by atoms with Gasteiger partial charge in [0.1, 0.15) is 6.04 Å². The van der Waals surface area contributed by atoms with Crippen molar-refractivity contribution in [1.82, 2.24) is 20.1 Å². The Morgan fingerprint density at radius 3 is 2.95 bits per heavy atom. The first-order valence-corrected chi connectivity index (χ1v) is 6.49. The Bertz CT molecular complexity index is 508. The highest BCUT2D eigenvalue weighted by Gasteiger charge is 2.41. The summed E-state index contributed by atoms with van der Waals surface area (Å²) in [6.07, 6.45) is 1.76. The van der Waals surface area contributed by atoms with Crippen LogP contribution in [0.1, 0.15) is 4.88 Å². The number of nitrogen functional groups attached to an aromatic ring is 1. The summed E-state index contributed by atoms with van der Waals surface area (Å²) in [5.74, 6) is -0.200. The second-order valence-electron chi connectivity index (χ2n) is 4.40. The number of aromatic nitrogens is 1. The molecule has 0 aliphatic carbocycles. The monoisotopic (exact) mass is 303 g/mol. The Balaban J connectivity index is 0.00000133. The van der Waals surface area contributed by atoms with Gasteiger partial charge in [-0.05, 0) is 0 Å². The number of thiazole rings is 1. The number of amides is 3. The van der Waals surface area contributed by atoms with Crippen LogP contribution in [0.15, 0.2) is 6.20 Å². The minimum atomic E-state index is -0.350. The maximum atomic E-state index is 11.6. The molecule has 3 N–H and O–H groups in total. The van der Waals surface area contributed by atoms with Gasteiger partial charge < -0.3 is 10.6 Å². The number of anilines is 1. The van der Waals surface area contributed by atoms with Crippen molar-refractivity contribution in [2.45, 2.75) is 12.6 Å². The molecule has 104 valence electrons. The summed E-state index contributed by atoms with van der Waals surface area (Å²) in [6, 6.07) is -0.622. The Morgan fingerprint density at radius 1 is 1.47 bits per heavy atom. The number of halogens is 1. The first-order chi connectivity index (χ1) is 8.63. The first-order valence-electron chi connectivity index (χ1n) is 5.67.